The normalized spacial score (nSPS) is 10.2. The second-order valence-corrected chi connectivity index (χ2v) is 4.83. The Labute approximate surface area is 121 Å². The zero-order valence-electron chi connectivity index (χ0n) is 10.9. The molecule has 20 heavy (non-hydrogen) atoms. The summed E-state index contributed by atoms with van der Waals surface area (Å²) in [4.78, 5) is 0. The first-order valence-corrected chi connectivity index (χ1v) is 6.51. The number of aryl methyl sites for hydroxylation is 1. The zero-order valence-corrected chi connectivity index (χ0v) is 11.7. The standard InChI is InChI=1S/C15H14F2N2S/c1-10-3-2-4-11(7-10)9-18-15(20)19-14-6-5-12(16)8-13(14)17/h2-8H,9H2,1H3,(H2,18,19,20). The third-order valence-corrected chi connectivity index (χ3v) is 2.96. The van der Waals surface area contributed by atoms with Crippen LogP contribution in [0.4, 0.5) is 14.5 Å². The highest BCUT2D eigenvalue weighted by molar-refractivity contribution is 7.80. The fraction of sp³-hybridized carbons (Fsp3) is 0.133. The number of halogens is 2. The number of rotatable bonds is 3. The van der Waals surface area contributed by atoms with Crippen LogP contribution in [-0.4, -0.2) is 5.11 Å². The van der Waals surface area contributed by atoms with E-state index in [9.17, 15) is 8.78 Å². The van der Waals surface area contributed by atoms with Crippen LogP contribution in [0.25, 0.3) is 0 Å². The Hall–Kier alpha value is -2.01. The summed E-state index contributed by atoms with van der Waals surface area (Å²) in [7, 11) is 0. The number of hydrogen-bond acceptors (Lipinski definition) is 1. The maximum atomic E-state index is 13.4. The van der Waals surface area contributed by atoms with Gasteiger partial charge in [-0.05, 0) is 36.8 Å². The number of benzene rings is 2. The smallest absolute Gasteiger partial charge is 0.171 e. The van der Waals surface area contributed by atoms with Crippen molar-refractivity contribution in [3.8, 4) is 0 Å². The average Bonchev–Trinajstić information content (AvgIpc) is 2.40. The molecule has 0 saturated carbocycles. The Morgan fingerprint density at radius 3 is 2.65 bits per heavy atom. The average molecular weight is 292 g/mol. The lowest BCUT2D eigenvalue weighted by molar-refractivity contribution is 0.586. The SMILES string of the molecule is Cc1cccc(CNC(=S)Nc2ccc(F)cc2F)c1. The van der Waals surface area contributed by atoms with Crippen LogP contribution in [0, 0.1) is 18.6 Å². The van der Waals surface area contributed by atoms with Crippen molar-refractivity contribution in [2.75, 3.05) is 5.32 Å². The van der Waals surface area contributed by atoms with Gasteiger partial charge < -0.3 is 10.6 Å². The maximum Gasteiger partial charge on any atom is 0.171 e. The molecule has 0 unspecified atom stereocenters. The second kappa shape index (κ2) is 6.43. The first-order chi connectivity index (χ1) is 9.54. The Kier molecular flexibility index (Phi) is 4.63. The third-order valence-electron chi connectivity index (χ3n) is 2.71. The van der Waals surface area contributed by atoms with Gasteiger partial charge in [0.15, 0.2) is 5.11 Å². The van der Waals surface area contributed by atoms with Crippen LogP contribution in [0.1, 0.15) is 11.1 Å². The highest BCUT2D eigenvalue weighted by atomic mass is 32.1. The van der Waals surface area contributed by atoms with Crippen LogP contribution in [0.3, 0.4) is 0 Å². The van der Waals surface area contributed by atoms with Gasteiger partial charge in [0.2, 0.25) is 0 Å². The molecule has 0 spiro atoms. The van der Waals surface area contributed by atoms with Gasteiger partial charge in [-0.3, -0.25) is 0 Å². The Balaban J connectivity index is 1.92. The van der Waals surface area contributed by atoms with Crippen LogP contribution in [0.15, 0.2) is 42.5 Å². The molecule has 2 aromatic rings. The lowest BCUT2D eigenvalue weighted by Crippen LogP contribution is -2.28. The number of anilines is 1. The maximum absolute atomic E-state index is 13.4. The van der Waals surface area contributed by atoms with E-state index in [4.69, 9.17) is 12.2 Å². The minimum atomic E-state index is -0.676. The van der Waals surface area contributed by atoms with Gasteiger partial charge in [0.05, 0.1) is 5.69 Å². The monoisotopic (exact) mass is 292 g/mol. The van der Waals surface area contributed by atoms with Gasteiger partial charge in [-0.15, -0.1) is 0 Å². The Morgan fingerprint density at radius 1 is 1.15 bits per heavy atom. The molecule has 104 valence electrons. The van der Waals surface area contributed by atoms with E-state index in [1.165, 1.54) is 12.1 Å². The fourth-order valence-electron chi connectivity index (χ4n) is 1.76. The van der Waals surface area contributed by atoms with Crippen molar-refractivity contribution in [1.29, 1.82) is 0 Å². The van der Waals surface area contributed by atoms with Crippen LogP contribution in [0.5, 0.6) is 0 Å². The highest BCUT2D eigenvalue weighted by Gasteiger charge is 2.05. The molecule has 0 atom stereocenters. The lowest BCUT2D eigenvalue weighted by Gasteiger charge is -2.11. The molecule has 2 rings (SSSR count). The second-order valence-electron chi connectivity index (χ2n) is 4.42. The van der Waals surface area contributed by atoms with Crippen molar-refractivity contribution < 1.29 is 8.78 Å². The van der Waals surface area contributed by atoms with E-state index >= 15 is 0 Å². The quantitative estimate of drug-likeness (QED) is 0.842. The van der Waals surface area contributed by atoms with Crippen molar-refractivity contribution in [1.82, 2.24) is 5.32 Å². The molecule has 5 heteroatoms. The minimum absolute atomic E-state index is 0.146. The van der Waals surface area contributed by atoms with Gasteiger partial charge >= 0.3 is 0 Å². The zero-order chi connectivity index (χ0) is 14.5. The molecule has 0 aliphatic rings. The van der Waals surface area contributed by atoms with E-state index in [1.807, 2.05) is 31.2 Å². The molecule has 0 heterocycles. The van der Waals surface area contributed by atoms with Crippen LogP contribution >= 0.6 is 12.2 Å². The van der Waals surface area contributed by atoms with Crippen LogP contribution in [0.2, 0.25) is 0 Å². The van der Waals surface area contributed by atoms with Gasteiger partial charge in [-0.25, -0.2) is 8.78 Å². The predicted octanol–water partition coefficient (Wildman–Crippen LogP) is 3.76. The Morgan fingerprint density at radius 2 is 1.95 bits per heavy atom. The molecule has 2 nitrogen and oxygen atoms in total. The molecule has 0 bridgehead atoms. The molecule has 0 saturated heterocycles. The van der Waals surface area contributed by atoms with Crippen molar-refractivity contribution in [2.24, 2.45) is 0 Å². The molecule has 0 aromatic heterocycles. The van der Waals surface area contributed by atoms with Crippen molar-refractivity contribution >= 4 is 23.0 Å². The topological polar surface area (TPSA) is 24.1 Å². The van der Waals surface area contributed by atoms with E-state index in [2.05, 4.69) is 10.6 Å². The minimum Gasteiger partial charge on any atom is -0.358 e. The summed E-state index contributed by atoms with van der Waals surface area (Å²) in [5.74, 6) is -1.30. The van der Waals surface area contributed by atoms with Crippen molar-refractivity contribution in [3.63, 3.8) is 0 Å². The third kappa shape index (κ3) is 3.99. The van der Waals surface area contributed by atoms with E-state index < -0.39 is 11.6 Å². The van der Waals surface area contributed by atoms with Crippen molar-refractivity contribution in [3.05, 3.63) is 65.2 Å². The highest BCUT2D eigenvalue weighted by Crippen LogP contribution is 2.14. The van der Waals surface area contributed by atoms with Crippen LogP contribution < -0.4 is 10.6 Å². The van der Waals surface area contributed by atoms with E-state index in [0.717, 1.165) is 17.2 Å². The van der Waals surface area contributed by atoms with Crippen LogP contribution in [-0.2, 0) is 6.54 Å². The fourth-order valence-corrected chi connectivity index (χ4v) is 1.94. The van der Waals surface area contributed by atoms with E-state index in [-0.39, 0.29) is 10.8 Å². The summed E-state index contributed by atoms with van der Waals surface area (Å²) < 4.78 is 26.2. The molecule has 0 aliphatic heterocycles. The van der Waals surface area contributed by atoms with Gasteiger partial charge in [0, 0.05) is 12.6 Å². The number of thiocarbonyl (C=S) groups is 1. The number of hydrogen-bond donors (Lipinski definition) is 2. The van der Waals surface area contributed by atoms with Crippen molar-refractivity contribution in [2.45, 2.75) is 13.5 Å². The van der Waals surface area contributed by atoms with E-state index in [0.29, 0.717) is 6.54 Å². The number of nitrogens with one attached hydrogen (secondary N) is 2. The summed E-state index contributed by atoms with van der Waals surface area (Å²) in [6, 6.07) is 11.3. The first-order valence-electron chi connectivity index (χ1n) is 6.10. The molecular weight excluding hydrogens is 278 g/mol. The predicted molar refractivity (Wildman–Crippen MR) is 80.6 cm³/mol. The van der Waals surface area contributed by atoms with Gasteiger partial charge in [0.25, 0.3) is 0 Å². The summed E-state index contributed by atoms with van der Waals surface area (Å²) in [5, 5.41) is 5.97. The van der Waals surface area contributed by atoms with Gasteiger partial charge in [0.1, 0.15) is 11.6 Å². The summed E-state index contributed by atoms with van der Waals surface area (Å²) >= 11 is 5.08. The summed E-state index contributed by atoms with van der Waals surface area (Å²) in [6.07, 6.45) is 0. The van der Waals surface area contributed by atoms with Gasteiger partial charge in [-0.2, -0.15) is 0 Å². The Bertz CT molecular complexity index is 629. The van der Waals surface area contributed by atoms with E-state index in [1.54, 1.807) is 0 Å². The summed E-state index contributed by atoms with van der Waals surface area (Å²) in [6.45, 7) is 2.55. The molecule has 0 radical (unpaired) electrons. The molecule has 0 fully saturated rings. The molecule has 0 amide bonds. The van der Waals surface area contributed by atoms with Gasteiger partial charge in [-0.1, -0.05) is 29.8 Å². The lowest BCUT2D eigenvalue weighted by atomic mass is 10.1. The largest absolute Gasteiger partial charge is 0.358 e. The molecule has 2 aromatic carbocycles. The summed E-state index contributed by atoms with van der Waals surface area (Å²) in [5.41, 5.74) is 2.38. The first kappa shape index (κ1) is 14.4. The molecule has 0 aliphatic carbocycles. The molecule has 2 N–H and O–H groups in total. The molecular formula is C15H14F2N2S.